The zero-order chi connectivity index (χ0) is 21.5. The molecule has 1 aliphatic rings. The van der Waals surface area contributed by atoms with Gasteiger partial charge < -0.3 is 20.3 Å². The van der Waals surface area contributed by atoms with Crippen LogP contribution in [0.1, 0.15) is 6.42 Å². The van der Waals surface area contributed by atoms with E-state index in [0.29, 0.717) is 24.5 Å². The molecule has 3 rings (SSSR count). The number of hydrogen-bond acceptors (Lipinski definition) is 4. The lowest BCUT2D eigenvalue weighted by Gasteiger charge is -2.17. The molecule has 1 atom stereocenters. The quantitative estimate of drug-likeness (QED) is 0.654. The van der Waals surface area contributed by atoms with Gasteiger partial charge in [0, 0.05) is 25.2 Å². The maximum atomic E-state index is 13.6. The van der Waals surface area contributed by atoms with Gasteiger partial charge in [-0.25, -0.2) is 4.39 Å². The van der Waals surface area contributed by atoms with Crippen LogP contribution in [0.5, 0.6) is 5.75 Å². The van der Waals surface area contributed by atoms with Gasteiger partial charge in [0.15, 0.2) is 6.61 Å². The predicted octanol–water partition coefficient (Wildman–Crippen LogP) is 2.50. The van der Waals surface area contributed by atoms with Gasteiger partial charge in [0.1, 0.15) is 11.6 Å². The second-order valence-corrected chi connectivity index (χ2v) is 6.75. The molecule has 7 nitrogen and oxygen atoms in total. The van der Waals surface area contributed by atoms with E-state index in [-0.39, 0.29) is 30.5 Å². The molecule has 2 aromatic carbocycles. The van der Waals surface area contributed by atoms with E-state index in [2.05, 4.69) is 17.2 Å². The molecule has 0 spiro atoms. The minimum Gasteiger partial charge on any atom is -0.484 e. The van der Waals surface area contributed by atoms with Gasteiger partial charge in [-0.05, 0) is 36.4 Å². The molecule has 2 N–H and O–H groups in total. The third-order valence-electron chi connectivity index (χ3n) is 4.58. The first-order chi connectivity index (χ1) is 14.5. The van der Waals surface area contributed by atoms with Crippen LogP contribution in [0.15, 0.2) is 61.2 Å². The van der Waals surface area contributed by atoms with Crippen molar-refractivity contribution in [2.24, 2.45) is 5.92 Å². The van der Waals surface area contributed by atoms with Crippen molar-refractivity contribution in [3.05, 3.63) is 67.0 Å². The summed E-state index contributed by atoms with van der Waals surface area (Å²) in [6.07, 6.45) is 1.74. The fourth-order valence-electron chi connectivity index (χ4n) is 3.07. The molecule has 0 aromatic heterocycles. The molecule has 0 saturated carbocycles. The second-order valence-electron chi connectivity index (χ2n) is 6.75. The van der Waals surface area contributed by atoms with E-state index in [9.17, 15) is 18.8 Å². The zero-order valence-electron chi connectivity index (χ0n) is 16.3. The lowest BCUT2D eigenvalue weighted by molar-refractivity contribution is -0.126. The summed E-state index contributed by atoms with van der Waals surface area (Å²) < 4.78 is 19.0. The van der Waals surface area contributed by atoms with Crippen LogP contribution in [0, 0.1) is 11.7 Å². The normalized spacial score (nSPS) is 15.6. The summed E-state index contributed by atoms with van der Waals surface area (Å²) in [4.78, 5) is 37.8. The van der Waals surface area contributed by atoms with E-state index < -0.39 is 17.6 Å². The molecule has 1 unspecified atom stereocenters. The highest BCUT2D eigenvalue weighted by molar-refractivity contribution is 6.00. The summed E-state index contributed by atoms with van der Waals surface area (Å²) in [5.41, 5.74) is 0.725. The van der Waals surface area contributed by atoms with Crippen molar-refractivity contribution in [3.8, 4) is 5.75 Å². The second kappa shape index (κ2) is 9.69. The van der Waals surface area contributed by atoms with Gasteiger partial charge >= 0.3 is 0 Å². The molecule has 1 fully saturated rings. The summed E-state index contributed by atoms with van der Waals surface area (Å²) in [6.45, 7) is 3.92. The fourth-order valence-corrected chi connectivity index (χ4v) is 3.07. The van der Waals surface area contributed by atoms with Gasteiger partial charge in [0.25, 0.3) is 5.91 Å². The Bertz CT molecular complexity index is 946. The van der Waals surface area contributed by atoms with E-state index in [4.69, 9.17) is 4.74 Å². The van der Waals surface area contributed by atoms with Gasteiger partial charge in [0.05, 0.1) is 11.6 Å². The number of carbonyl (C=O) groups excluding carboxylic acids is 3. The van der Waals surface area contributed by atoms with Crippen molar-refractivity contribution in [3.63, 3.8) is 0 Å². The number of nitrogens with one attached hydrogen (secondary N) is 2. The lowest BCUT2D eigenvalue weighted by atomic mass is 10.1. The van der Waals surface area contributed by atoms with Crippen molar-refractivity contribution in [1.82, 2.24) is 5.32 Å². The van der Waals surface area contributed by atoms with Crippen LogP contribution in [0.3, 0.4) is 0 Å². The Balaban J connectivity index is 1.53. The number of para-hydroxylation sites is 1. The molecule has 2 aromatic rings. The van der Waals surface area contributed by atoms with Crippen molar-refractivity contribution in [2.45, 2.75) is 6.42 Å². The third kappa shape index (κ3) is 5.22. The number of benzene rings is 2. The van der Waals surface area contributed by atoms with E-state index in [1.165, 1.54) is 18.2 Å². The summed E-state index contributed by atoms with van der Waals surface area (Å²) in [5, 5.41) is 5.14. The molecular weight excluding hydrogens is 389 g/mol. The van der Waals surface area contributed by atoms with Crippen LogP contribution < -0.4 is 20.3 Å². The number of rotatable bonds is 8. The van der Waals surface area contributed by atoms with Crippen LogP contribution in [0.2, 0.25) is 0 Å². The summed E-state index contributed by atoms with van der Waals surface area (Å²) >= 11 is 0. The predicted molar refractivity (Wildman–Crippen MR) is 111 cm³/mol. The Morgan fingerprint density at radius 1 is 1.20 bits per heavy atom. The molecule has 0 aliphatic carbocycles. The van der Waals surface area contributed by atoms with E-state index in [0.717, 1.165) is 0 Å². The molecule has 1 aliphatic heterocycles. The molecule has 30 heavy (non-hydrogen) atoms. The largest absolute Gasteiger partial charge is 0.484 e. The van der Waals surface area contributed by atoms with Gasteiger partial charge in [-0.15, -0.1) is 6.58 Å². The molecule has 0 radical (unpaired) electrons. The number of carbonyl (C=O) groups is 3. The number of anilines is 2. The van der Waals surface area contributed by atoms with Crippen LogP contribution in [-0.4, -0.2) is 37.4 Å². The van der Waals surface area contributed by atoms with E-state index >= 15 is 0 Å². The summed E-state index contributed by atoms with van der Waals surface area (Å²) in [6, 6.07) is 12.5. The third-order valence-corrected chi connectivity index (χ3v) is 4.58. The first-order valence-corrected chi connectivity index (χ1v) is 9.44. The van der Waals surface area contributed by atoms with Crippen LogP contribution in [0.25, 0.3) is 0 Å². The van der Waals surface area contributed by atoms with Crippen molar-refractivity contribution in [2.75, 3.05) is 29.9 Å². The van der Waals surface area contributed by atoms with Crippen LogP contribution in [-0.2, 0) is 14.4 Å². The molecule has 1 saturated heterocycles. The van der Waals surface area contributed by atoms with Crippen molar-refractivity contribution in [1.29, 1.82) is 0 Å². The highest BCUT2D eigenvalue weighted by atomic mass is 19.1. The zero-order valence-corrected chi connectivity index (χ0v) is 16.3. The average Bonchev–Trinajstić information content (AvgIpc) is 3.14. The molecule has 3 amide bonds. The minimum absolute atomic E-state index is 0.0840. The van der Waals surface area contributed by atoms with Gasteiger partial charge in [0.2, 0.25) is 11.8 Å². The Morgan fingerprint density at radius 3 is 2.63 bits per heavy atom. The van der Waals surface area contributed by atoms with E-state index in [1.54, 1.807) is 41.3 Å². The maximum absolute atomic E-state index is 13.6. The first kappa shape index (κ1) is 21.0. The Kier molecular flexibility index (Phi) is 6.79. The SMILES string of the molecule is C=CCNC(=O)C1CC(=O)N(c2ccc(OCC(=O)Nc3ccccc3F)cc2)C1. The van der Waals surface area contributed by atoms with Gasteiger partial charge in [-0.1, -0.05) is 18.2 Å². The van der Waals surface area contributed by atoms with Crippen molar-refractivity contribution >= 4 is 29.1 Å². The molecule has 0 bridgehead atoms. The van der Waals surface area contributed by atoms with Gasteiger partial charge in [-0.2, -0.15) is 0 Å². The number of halogens is 1. The number of ether oxygens (including phenoxy) is 1. The Labute approximate surface area is 173 Å². The summed E-state index contributed by atoms with van der Waals surface area (Å²) in [7, 11) is 0. The lowest BCUT2D eigenvalue weighted by Crippen LogP contribution is -2.32. The highest BCUT2D eigenvalue weighted by Crippen LogP contribution is 2.27. The summed E-state index contributed by atoms with van der Waals surface area (Å²) in [5.74, 6) is -1.31. The van der Waals surface area contributed by atoms with E-state index in [1.807, 2.05) is 0 Å². The Morgan fingerprint density at radius 2 is 1.93 bits per heavy atom. The smallest absolute Gasteiger partial charge is 0.262 e. The number of amides is 3. The monoisotopic (exact) mass is 411 g/mol. The minimum atomic E-state index is -0.526. The van der Waals surface area contributed by atoms with Crippen LogP contribution in [0.4, 0.5) is 15.8 Å². The number of nitrogens with zero attached hydrogens (tertiary/aromatic N) is 1. The molecular formula is C22H22FN3O4. The highest BCUT2D eigenvalue weighted by Gasteiger charge is 2.34. The fraction of sp³-hybridized carbons (Fsp3) is 0.227. The number of hydrogen-bond donors (Lipinski definition) is 2. The van der Waals surface area contributed by atoms with Crippen molar-refractivity contribution < 1.29 is 23.5 Å². The van der Waals surface area contributed by atoms with Crippen LogP contribution >= 0.6 is 0 Å². The molecule has 8 heteroatoms. The standard InChI is InChI=1S/C22H22FN3O4/c1-2-11-24-22(29)15-12-21(28)26(13-15)16-7-9-17(10-8-16)30-14-20(27)25-19-6-4-3-5-18(19)23/h2-10,15H,1,11-14H2,(H,24,29)(H,25,27). The van der Waals surface area contributed by atoms with Gasteiger partial charge in [-0.3, -0.25) is 14.4 Å². The molecule has 156 valence electrons. The molecule has 1 heterocycles. The Hall–Kier alpha value is -3.68. The average molecular weight is 411 g/mol. The maximum Gasteiger partial charge on any atom is 0.262 e. The first-order valence-electron chi connectivity index (χ1n) is 9.44. The topological polar surface area (TPSA) is 87.7 Å².